The fraction of sp³-hybridized carbons (Fsp3) is 0.0870. The highest BCUT2D eigenvalue weighted by Gasteiger charge is 2.16. The summed E-state index contributed by atoms with van der Waals surface area (Å²) in [4.78, 5) is 20.0. The third kappa shape index (κ3) is 4.50. The van der Waals surface area contributed by atoms with Crippen molar-refractivity contribution in [3.05, 3.63) is 77.8 Å². The Hall–Kier alpha value is -3.20. The van der Waals surface area contributed by atoms with Crippen LogP contribution in [0.2, 0.25) is 0 Å². The summed E-state index contributed by atoms with van der Waals surface area (Å²) < 4.78 is 15.3. The lowest BCUT2D eigenvalue weighted by molar-refractivity contribution is 0.0832. The number of H-pyrrole nitrogens is 1. The fourth-order valence-electron chi connectivity index (χ4n) is 3.47. The highest BCUT2D eigenvalue weighted by Crippen LogP contribution is 2.33. The molecule has 4 aromatic heterocycles. The van der Waals surface area contributed by atoms with E-state index in [1.165, 1.54) is 23.5 Å². The lowest BCUT2D eigenvalue weighted by Crippen LogP contribution is -2.20. The Labute approximate surface area is 205 Å². The van der Waals surface area contributed by atoms with Gasteiger partial charge in [-0.15, -0.1) is 36.2 Å². The van der Waals surface area contributed by atoms with Crippen LogP contribution in [0.5, 0.6) is 0 Å². The third-order valence-corrected chi connectivity index (χ3v) is 6.16. The minimum atomic E-state index is -0.280. The van der Waals surface area contributed by atoms with Gasteiger partial charge >= 0.3 is 0 Å². The topological polar surface area (TPSA) is 66.3 Å². The summed E-state index contributed by atoms with van der Waals surface area (Å²) in [6.07, 6.45) is 5.57. The number of hydrogen-bond donors (Lipinski definition) is 1. The number of benzene rings is 1. The molecular weight excluding hydrogens is 484 g/mol. The van der Waals surface area contributed by atoms with E-state index in [0.717, 1.165) is 38.6 Å². The molecule has 1 N–H and O–H groups in total. The lowest BCUT2D eigenvalue weighted by Gasteiger charge is -2.07. The molecular formula is C23H20Cl2FN5OS. The first kappa shape index (κ1) is 24.4. The molecule has 0 aliphatic rings. The van der Waals surface area contributed by atoms with Crippen LogP contribution < -0.4 is 0 Å². The molecule has 0 saturated heterocycles. The second-order valence-corrected chi connectivity index (χ2v) is 8.40. The minimum absolute atomic E-state index is 0. The van der Waals surface area contributed by atoms with Gasteiger partial charge in [-0.1, -0.05) is 0 Å². The van der Waals surface area contributed by atoms with Gasteiger partial charge in [-0.3, -0.25) is 14.3 Å². The van der Waals surface area contributed by atoms with Gasteiger partial charge in [-0.25, -0.2) is 9.37 Å². The number of carbonyl (C=O) groups excluding carboxylic acids is 1. The number of aromatic nitrogens is 4. The number of amides is 1. The molecule has 0 unspecified atom stereocenters. The molecule has 170 valence electrons. The second-order valence-electron chi connectivity index (χ2n) is 7.32. The van der Waals surface area contributed by atoms with Crippen LogP contribution in [0.3, 0.4) is 0 Å². The molecule has 6 nitrogen and oxygen atoms in total. The largest absolute Gasteiger partial charge is 0.344 e. The number of pyridine rings is 1. The van der Waals surface area contributed by atoms with Crippen LogP contribution >= 0.6 is 36.2 Å². The SMILES string of the molecule is CN(C)C(=O)c1ccc(-c2cnc3ccc(-c4cn[nH]c4-c4ccc(F)cc4)cn23)s1.Cl.Cl. The van der Waals surface area contributed by atoms with Crippen molar-refractivity contribution in [2.24, 2.45) is 0 Å². The van der Waals surface area contributed by atoms with Crippen molar-refractivity contribution in [3.63, 3.8) is 0 Å². The summed E-state index contributed by atoms with van der Waals surface area (Å²) in [6.45, 7) is 0. The van der Waals surface area contributed by atoms with E-state index in [-0.39, 0.29) is 36.5 Å². The van der Waals surface area contributed by atoms with Crippen LogP contribution in [-0.2, 0) is 0 Å². The van der Waals surface area contributed by atoms with Gasteiger partial charge in [0.25, 0.3) is 5.91 Å². The quantitative estimate of drug-likeness (QED) is 0.336. The van der Waals surface area contributed by atoms with Crippen molar-refractivity contribution < 1.29 is 9.18 Å². The monoisotopic (exact) mass is 503 g/mol. The molecule has 1 amide bonds. The summed E-state index contributed by atoms with van der Waals surface area (Å²) in [5.74, 6) is -0.301. The predicted molar refractivity (Wildman–Crippen MR) is 134 cm³/mol. The number of nitrogens with one attached hydrogen (secondary N) is 1. The Balaban J connectivity index is 0.00000153. The number of nitrogens with zero attached hydrogens (tertiary/aromatic N) is 4. The Bertz CT molecular complexity index is 1410. The summed E-state index contributed by atoms with van der Waals surface area (Å²) >= 11 is 1.44. The molecule has 5 aromatic rings. The molecule has 1 aromatic carbocycles. The zero-order valence-electron chi connectivity index (χ0n) is 17.7. The first-order chi connectivity index (χ1) is 15.0. The molecule has 33 heavy (non-hydrogen) atoms. The first-order valence-corrected chi connectivity index (χ1v) is 10.4. The van der Waals surface area contributed by atoms with E-state index < -0.39 is 0 Å². The molecule has 10 heteroatoms. The average molecular weight is 504 g/mol. The predicted octanol–water partition coefficient (Wildman–Crippen LogP) is 5.80. The average Bonchev–Trinajstić information content (AvgIpc) is 3.51. The summed E-state index contributed by atoms with van der Waals surface area (Å²) in [5, 5.41) is 7.22. The Kier molecular flexibility index (Phi) is 7.22. The number of hydrogen-bond acceptors (Lipinski definition) is 4. The highest BCUT2D eigenvalue weighted by molar-refractivity contribution is 7.17. The zero-order valence-corrected chi connectivity index (χ0v) is 20.1. The zero-order chi connectivity index (χ0) is 21.5. The van der Waals surface area contributed by atoms with Gasteiger partial charge in [0.05, 0.1) is 33.5 Å². The van der Waals surface area contributed by atoms with Crippen molar-refractivity contribution in [1.82, 2.24) is 24.5 Å². The standard InChI is InChI=1S/C23H18FN5OS.2ClH/c1-28(2)23(30)20-9-8-19(31-20)18-12-25-21-10-5-15(13-29(18)21)17-11-26-27-22(17)14-3-6-16(24)7-4-14;;/h3-13H,1-2H3,(H,26,27);2*1H. The molecule has 0 spiro atoms. The number of thiophene rings is 1. The van der Waals surface area contributed by atoms with E-state index in [1.54, 1.807) is 37.3 Å². The summed E-state index contributed by atoms with van der Waals surface area (Å²) in [6, 6.07) is 14.0. The van der Waals surface area contributed by atoms with Crippen LogP contribution in [-0.4, -0.2) is 44.5 Å². The number of carbonyl (C=O) groups is 1. The highest BCUT2D eigenvalue weighted by atomic mass is 35.5. The third-order valence-electron chi connectivity index (χ3n) is 5.06. The Morgan fingerprint density at radius 1 is 1.00 bits per heavy atom. The van der Waals surface area contributed by atoms with E-state index in [9.17, 15) is 9.18 Å². The molecule has 0 fully saturated rings. The molecule has 0 bridgehead atoms. The van der Waals surface area contributed by atoms with Crippen molar-refractivity contribution in [2.75, 3.05) is 14.1 Å². The molecule has 0 aliphatic carbocycles. The Morgan fingerprint density at radius 2 is 1.73 bits per heavy atom. The first-order valence-electron chi connectivity index (χ1n) is 9.60. The van der Waals surface area contributed by atoms with E-state index in [2.05, 4.69) is 15.2 Å². The molecule has 4 heterocycles. The van der Waals surface area contributed by atoms with E-state index in [1.807, 2.05) is 41.1 Å². The molecule has 0 aliphatic heterocycles. The smallest absolute Gasteiger partial charge is 0.263 e. The molecule has 0 saturated carbocycles. The van der Waals surface area contributed by atoms with Crippen LogP contribution in [0.25, 0.3) is 38.6 Å². The molecule has 0 atom stereocenters. The number of aromatic amines is 1. The van der Waals surface area contributed by atoms with Crippen molar-refractivity contribution in [3.8, 4) is 33.0 Å². The summed E-state index contributed by atoms with van der Waals surface area (Å²) in [7, 11) is 3.48. The number of imidazole rings is 1. The van der Waals surface area contributed by atoms with Gasteiger partial charge in [-0.2, -0.15) is 5.10 Å². The number of rotatable bonds is 4. The van der Waals surface area contributed by atoms with Crippen LogP contribution in [0, 0.1) is 5.82 Å². The fourth-order valence-corrected chi connectivity index (χ4v) is 4.51. The second kappa shape index (κ2) is 9.74. The van der Waals surface area contributed by atoms with Crippen molar-refractivity contribution in [2.45, 2.75) is 0 Å². The van der Waals surface area contributed by atoms with Crippen molar-refractivity contribution >= 4 is 47.7 Å². The van der Waals surface area contributed by atoms with Crippen LogP contribution in [0.15, 0.2) is 67.1 Å². The van der Waals surface area contributed by atoms with Gasteiger partial charge in [0.1, 0.15) is 11.5 Å². The van der Waals surface area contributed by atoms with E-state index >= 15 is 0 Å². The lowest BCUT2D eigenvalue weighted by atomic mass is 10.0. The van der Waals surface area contributed by atoms with E-state index in [0.29, 0.717) is 4.88 Å². The summed E-state index contributed by atoms with van der Waals surface area (Å²) in [5.41, 5.74) is 5.23. The van der Waals surface area contributed by atoms with Gasteiger partial charge in [0, 0.05) is 37.0 Å². The van der Waals surface area contributed by atoms with E-state index in [4.69, 9.17) is 0 Å². The maximum Gasteiger partial charge on any atom is 0.263 e. The maximum atomic E-state index is 13.3. The van der Waals surface area contributed by atoms with Gasteiger partial charge < -0.3 is 4.90 Å². The number of fused-ring (bicyclic) bond motifs is 1. The minimum Gasteiger partial charge on any atom is -0.344 e. The number of halogens is 3. The molecule has 5 rings (SSSR count). The normalized spacial score (nSPS) is 10.5. The van der Waals surface area contributed by atoms with Gasteiger partial charge in [-0.05, 0) is 48.5 Å². The van der Waals surface area contributed by atoms with Gasteiger partial charge in [0.15, 0.2) is 0 Å². The maximum absolute atomic E-state index is 13.3. The van der Waals surface area contributed by atoms with Crippen LogP contribution in [0.1, 0.15) is 9.67 Å². The van der Waals surface area contributed by atoms with Gasteiger partial charge in [0.2, 0.25) is 0 Å². The van der Waals surface area contributed by atoms with Crippen molar-refractivity contribution in [1.29, 1.82) is 0 Å². The molecule has 0 radical (unpaired) electrons. The Morgan fingerprint density at radius 3 is 2.45 bits per heavy atom. The van der Waals surface area contributed by atoms with Crippen LogP contribution in [0.4, 0.5) is 4.39 Å².